The molecule has 0 heterocycles. The van der Waals surface area contributed by atoms with Crippen LogP contribution in [0.5, 0.6) is 11.5 Å². The Balaban J connectivity index is 1.67. The van der Waals surface area contributed by atoms with Crippen LogP contribution in [0.25, 0.3) is 0 Å². The van der Waals surface area contributed by atoms with Gasteiger partial charge in [0.1, 0.15) is 6.61 Å². The molecule has 1 amide bonds. The molecule has 0 saturated heterocycles. The van der Waals surface area contributed by atoms with Crippen molar-refractivity contribution in [1.29, 1.82) is 0 Å². The van der Waals surface area contributed by atoms with Crippen LogP contribution in [-0.4, -0.2) is 18.7 Å². The SMILES string of the molecule is CCOc1cc(/C=N\NC(=O)c2cccc(Cl)c2)ccc1OCc1ccc(Cl)cc1Cl. The lowest BCUT2D eigenvalue weighted by Gasteiger charge is -2.13. The molecular weight excluding hydrogens is 459 g/mol. The van der Waals surface area contributed by atoms with Crippen LogP contribution in [0, 0.1) is 0 Å². The number of amides is 1. The first-order valence-corrected chi connectivity index (χ1v) is 10.5. The number of carbonyl (C=O) groups is 1. The Morgan fingerprint density at radius 1 is 0.968 bits per heavy atom. The highest BCUT2D eigenvalue weighted by atomic mass is 35.5. The molecule has 31 heavy (non-hydrogen) atoms. The topological polar surface area (TPSA) is 59.9 Å². The number of carbonyl (C=O) groups excluding carboxylic acids is 1. The maximum atomic E-state index is 12.1. The van der Waals surface area contributed by atoms with Crippen molar-refractivity contribution in [1.82, 2.24) is 5.43 Å². The normalized spacial score (nSPS) is 10.8. The molecule has 0 radical (unpaired) electrons. The second-order valence-corrected chi connectivity index (χ2v) is 7.65. The van der Waals surface area contributed by atoms with E-state index in [1.807, 2.05) is 13.0 Å². The Kier molecular flexibility index (Phi) is 8.18. The monoisotopic (exact) mass is 476 g/mol. The molecule has 0 aromatic heterocycles. The number of hydrazone groups is 1. The van der Waals surface area contributed by atoms with Gasteiger partial charge in [-0.15, -0.1) is 0 Å². The fourth-order valence-corrected chi connectivity index (χ4v) is 3.30. The maximum absolute atomic E-state index is 12.1. The van der Waals surface area contributed by atoms with Crippen LogP contribution < -0.4 is 14.9 Å². The Labute approximate surface area is 195 Å². The second kappa shape index (κ2) is 11.0. The zero-order valence-electron chi connectivity index (χ0n) is 16.6. The third-order valence-electron chi connectivity index (χ3n) is 4.13. The highest BCUT2D eigenvalue weighted by Gasteiger charge is 2.09. The van der Waals surface area contributed by atoms with E-state index in [2.05, 4.69) is 10.5 Å². The summed E-state index contributed by atoms with van der Waals surface area (Å²) >= 11 is 18.0. The molecule has 0 unspecified atom stereocenters. The van der Waals surface area contributed by atoms with Crippen LogP contribution in [0.2, 0.25) is 15.1 Å². The van der Waals surface area contributed by atoms with Gasteiger partial charge in [-0.25, -0.2) is 5.43 Å². The van der Waals surface area contributed by atoms with E-state index in [4.69, 9.17) is 44.3 Å². The molecule has 0 aliphatic heterocycles. The number of halogens is 3. The van der Waals surface area contributed by atoms with E-state index in [-0.39, 0.29) is 12.5 Å². The van der Waals surface area contributed by atoms with Gasteiger partial charge in [0, 0.05) is 26.2 Å². The van der Waals surface area contributed by atoms with Crippen molar-refractivity contribution in [2.75, 3.05) is 6.61 Å². The van der Waals surface area contributed by atoms with Crippen molar-refractivity contribution in [2.24, 2.45) is 5.10 Å². The van der Waals surface area contributed by atoms with Crippen LogP contribution in [-0.2, 0) is 6.61 Å². The second-order valence-electron chi connectivity index (χ2n) is 6.37. The number of hydrogen-bond acceptors (Lipinski definition) is 4. The van der Waals surface area contributed by atoms with E-state index >= 15 is 0 Å². The fraction of sp³-hybridized carbons (Fsp3) is 0.130. The zero-order chi connectivity index (χ0) is 22.2. The number of hydrogen-bond donors (Lipinski definition) is 1. The van der Waals surface area contributed by atoms with Gasteiger partial charge in [0.2, 0.25) is 0 Å². The quantitative estimate of drug-likeness (QED) is 0.302. The number of ether oxygens (including phenoxy) is 2. The average molecular weight is 478 g/mol. The molecule has 8 heteroatoms. The van der Waals surface area contributed by atoms with Crippen LogP contribution in [0.4, 0.5) is 0 Å². The van der Waals surface area contributed by atoms with E-state index < -0.39 is 0 Å². The van der Waals surface area contributed by atoms with Crippen molar-refractivity contribution in [3.8, 4) is 11.5 Å². The summed E-state index contributed by atoms with van der Waals surface area (Å²) in [5.41, 5.74) is 4.43. The molecule has 0 aliphatic rings. The van der Waals surface area contributed by atoms with Crippen molar-refractivity contribution < 1.29 is 14.3 Å². The van der Waals surface area contributed by atoms with Gasteiger partial charge < -0.3 is 9.47 Å². The van der Waals surface area contributed by atoms with E-state index in [1.165, 1.54) is 6.21 Å². The van der Waals surface area contributed by atoms with Crippen LogP contribution >= 0.6 is 34.8 Å². The molecule has 1 N–H and O–H groups in total. The predicted octanol–water partition coefficient (Wildman–Crippen LogP) is 6.39. The molecule has 0 spiro atoms. The summed E-state index contributed by atoms with van der Waals surface area (Å²) in [5.74, 6) is 0.759. The first kappa shape index (κ1) is 22.9. The minimum Gasteiger partial charge on any atom is -0.490 e. The number of rotatable bonds is 8. The molecule has 0 fully saturated rings. The van der Waals surface area contributed by atoms with Crippen LogP contribution in [0.3, 0.4) is 0 Å². The number of nitrogens with one attached hydrogen (secondary N) is 1. The summed E-state index contributed by atoms with van der Waals surface area (Å²) in [7, 11) is 0. The van der Waals surface area contributed by atoms with Crippen LogP contribution in [0.15, 0.2) is 65.8 Å². The van der Waals surface area contributed by atoms with E-state index in [0.717, 1.165) is 11.1 Å². The van der Waals surface area contributed by atoms with E-state index in [9.17, 15) is 4.79 Å². The molecular formula is C23H19Cl3N2O3. The third kappa shape index (κ3) is 6.62. The van der Waals surface area contributed by atoms with Gasteiger partial charge in [0.25, 0.3) is 5.91 Å². The molecule has 0 aliphatic carbocycles. The summed E-state index contributed by atoms with van der Waals surface area (Å²) in [5, 5.41) is 5.57. The first-order chi connectivity index (χ1) is 15.0. The maximum Gasteiger partial charge on any atom is 0.271 e. The molecule has 3 aromatic rings. The van der Waals surface area contributed by atoms with Crippen molar-refractivity contribution in [3.05, 3.63) is 92.4 Å². The molecule has 0 saturated carbocycles. The van der Waals surface area contributed by atoms with E-state index in [1.54, 1.807) is 54.6 Å². The molecule has 160 valence electrons. The summed E-state index contributed by atoms with van der Waals surface area (Å²) in [6, 6.07) is 17.2. The smallest absolute Gasteiger partial charge is 0.271 e. The fourth-order valence-electron chi connectivity index (χ4n) is 2.65. The molecule has 3 aromatic carbocycles. The highest BCUT2D eigenvalue weighted by Crippen LogP contribution is 2.30. The number of nitrogens with zero attached hydrogens (tertiary/aromatic N) is 1. The largest absolute Gasteiger partial charge is 0.490 e. The first-order valence-electron chi connectivity index (χ1n) is 9.39. The lowest BCUT2D eigenvalue weighted by Crippen LogP contribution is -2.17. The van der Waals surface area contributed by atoms with Crippen molar-refractivity contribution >= 4 is 46.9 Å². The zero-order valence-corrected chi connectivity index (χ0v) is 18.8. The lowest BCUT2D eigenvalue weighted by atomic mass is 10.2. The molecule has 5 nitrogen and oxygen atoms in total. The third-order valence-corrected chi connectivity index (χ3v) is 4.95. The molecule has 3 rings (SSSR count). The van der Waals surface area contributed by atoms with Gasteiger partial charge in [0.05, 0.1) is 12.8 Å². The van der Waals surface area contributed by atoms with Gasteiger partial charge in [-0.1, -0.05) is 46.9 Å². The number of benzene rings is 3. The Morgan fingerprint density at radius 3 is 2.52 bits per heavy atom. The van der Waals surface area contributed by atoms with Crippen molar-refractivity contribution in [2.45, 2.75) is 13.5 Å². The molecule has 0 atom stereocenters. The summed E-state index contributed by atoms with van der Waals surface area (Å²) in [6.07, 6.45) is 1.52. The Morgan fingerprint density at radius 2 is 1.77 bits per heavy atom. The van der Waals surface area contributed by atoms with Gasteiger partial charge in [-0.05, 0) is 61.0 Å². The minimum atomic E-state index is -0.358. The molecule has 0 bridgehead atoms. The summed E-state index contributed by atoms with van der Waals surface area (Å²) in [4.78, 5) is 12.1. The Bertz CT molecular complexity index is 1100. The average Bonchev–Trinajstić information content (AvgIpc) is 2.74. The standard InChI is InChI=1S/C23H19Cl3N2O3/c1-2-30-22-10-15(13-27-28-23(29)16-4-3-5-18(24)11-16)6-9-21(22)31-14-17-7-8-19(25)12-20(17)26/h3-13H,2,14H2,1H3,(H,28,29)/b27-13-. The van der Waals surface area contributed by atoms with Crippen molar-refractivity contribution in [3.63, 3.8) is 0 Å². The summed E-state index contributed by atoms with van der Waals surface area (Å²) in [6.45, 7) is 2.61. The minimum absolute atomic E-state index is 0.263. The highest BCUT2D eigenvalue weighted by molar-refractivity contribution is 6.35. The Hall–Kier alpha value is -2.73. The van der Waals surface area contributed by atoms with Gasteiger partial charge in [-0.3, -0.25) is 4.79 Å². The lowest BCUT2D eigenvalue weighted by molar-refractivity contribution is 0.0955. The van der Waals surface area contributed by atoms with Gasteiger partial charge in [0.15, 0.2) is 11.5 Å². The summed E-state index contributed by atoms with van der Waals surface area (Å²) < 4.78 is 11.6. The van der Waals surface area contributed by atoms with E-state index in [0.29, 0.717) is 38.7 Å². The van der Waals surface area contributed by atoms with Crippen LogP contribution in [0.1, 0.15) is 28.4 Å². The predicted molar refractivity (Wildman–Crippen MR) is 125 cm³/mol. The van der Waals surface area contributed by atoms with Gasteiger partial charge in [-0.2, -0.15) is 5.10 Å². The van der Waals surface area contributed by atoms with Gasteiger partial charge >= 0.3 is 0 Å².